The molecular formula is C10H12N2. The van der Waals surface area contributed by atoms with Crippen LogP contribution in [0.25, 0.3) is 10.8 Å². The summed E-state index contributed by atoms with van der Waals surface area (Å²) in [6.07, 6.45) is 0. The molecule has 1 aromatic heterocycles. The van der Waals surface area contributed by atoms with E-state index in [0.29, 0.717) is 0 Å². The van der Waals surface area contributed by atoms with E-state index in [1.54, 1.807) is 0 Å². The zero-order chi connectivity index (χ0) is 8.72. The van der Waals surface area contributed by atoms with Gasteiger partial charge in [0.05, 0.1) is 0 Å². The molecule has 0 saturated carbocycles. The third-order valence-electron chi connectivity index (χ3n) is 2.46. The molecule has 0 fully saturated rings. The Labute approximate surface area is 71.6 Å². The van der Waals surface area contributed by atoms with Gasteiger partial charge in [0.15, 0.2) is 0 Å². The van der Waals surface area contributed by atoms with Crippen molar-refractivity contribution < 1.29 is 0 Å². The maximum absolute atomic E-state index is 5.90. The SMILES string of the molecule is Cc1c2ccccc2c(N)n1C. The zero-order valence-corrected chi connectivity index (χ0v) is 7.33. The van der Waals surface area contributed by atoms with Crippen LogP contribution < -0.4 is 5.73 Å². The number of nitrogens with two attached hydrogens (primary N) is 1. The van der Waals surface area contributed by atoms with Crippen molar-refractivity contribution in [1.29, 1.82) is 0 Å². The Bertz CT molecular complexity index is 388. The van der Waals surface area contributed by atoms with Crippen LogP contribution in [0.4, 0.5) is 5.82 Å². The summed E-state index contributed by atoms with van der Waals surface area (Å²) < 4.78 is 2.02. The van der Waals surface area contributed by atoms with E-state index >= 15 is 0 Å². The van der Waals surface area contributed by atoms with Gasteiger partial charge in [-0.2, -0.15) is 0 Å². The Hall–Kier alpha value is -1.44. The molecule has 12 heavy (non-hydrogen) atoms. The van der Waals surface area contributed by atoms with E-state index in [1.165, 1.54) is 11.1 Å². The van der Waals surface area contributed by atoms with E-state index in [-0.39, 0.29) is 0 Å². The molecular weight excluding hydrogens is 148 g/mol. The van der Waals surface area contributed by atoms with E-state index in [1.807, 2.05) is 23.7 Å². The quantitative estimate of drug-likeness (QED) is 0.628. The molecule has 0 aliphatic carbocycles. The molecule has 2 N–H and O–H groups in total. The maximum atomic E-state index is 5.90. The molecule has 0 aliphatic rings. The lowest BCUT2D eigenvalue weighted by molar-refractivity contribution is 0.901. The average molecular weight is 160 g/mol. The molecule has 0 unspecified atom stereocenters. The molecule has 0 spiro atoms. The van der Waals surface area contributed by atoms with Gasteiger partial charge in [0, 0.05) is 23.5 Å². The second-order valence-corrected chi connectivity index (χ2v) is 3.08. The van der Waals surface area contributed by atoms with Crippen LogP contribution in [-0.2, 0) is 7.05 Å². The summed E-state index contributed by atoms with van der Waals surface area (Å²) in [4.78, 5) is 0. The topological polar surface area (TPSA) is 30.9 Å². The molecule has 2 aromatic rings. The molecule has 2 heteroatoms. The Morgan fingerprint density at radius 1 is 1.17 bits per heavy atom. The van der Waals surface area contributed by atoms with E-state index in [4.69, 9.17) is 5.73 Å². The van der Waals surface area contributed by atoms with Crippen LogP contribution in [0.5, 0.6) is 0 Å². The van der Waals surface area contributed by atoms with Crippen LogP contribution >= 0.6 is 0 Å². The number of nitrogens with zero attached hydrogens (tertiary/aromatic N) is 1. The number of hydrogen-bond donors (Lipinski definition) is 1. The average Bonchev–Trinajstić information content (AvgIpc) is 2.33. The fourth-order valence-electron chi connectivity index (χ4n) is 1.56. The summed E-state index contributed by atoms with van der Waals surface area (Å²) in [7, 11) is 1.99. The molecule has 1 aromatic carbocycles. The van der Waals surface area contributed by atoms with Gasteiger partial charge in [0.1, 0.15) is 5.82 Å². The standard InChI is InChI=1S/C10H12N2/c1-7-8-5-3-4-6-9(8)10(11)12(7)2/h3-6H,11H2,1-2H3. The normalized spacial score (nSPS) is 10.8. The van der Waals surface area contributed by atoms with Crippen molar-refractivity contribution in [1.82, 2.24) is 4.57 Å². The van der Waals surface area contributed by atoms with Crippen LogP contribution in [0.2, 0.25) is 0 Å². The first-order valence-corrected chi connectivity index (χ1v) is 4.01. The smallest absolute Gasteiger partial charge is 0.111 e. The largest absolute Gasteiger partial charge is 0.385 e. The third-order valence-corrected chi connectivity index (χ3v) is 2.46. The van der Waals surface area contributed by atoms with Crippen molar-refractivity contribution in [3.8, 4) is 0 Å². The molecule has 2 rings (SSSR count). The van der Waals surface area contributed by atoms with Gasteiger partial charge in [-0.1, -0.05) is 24.3 Å². The predicted molar refractivity (Wildman–Crippen MR) is 52.1 cm³/mol. The summed E-state index contributed by atoms with van der Waals surface area (Å²) in [5.41, 5.74) is 7.13. The highest BCUT2D eigenvalue weighted by Crippen LogP contribution is 2.25. The lowest BCUT2D eigenvalue weighted by Crippen LogP contribution is -1.96. The van der Waals surface area contributed by atoms with E-state index in [2.05, 4.69) is 19.1 Å². The monoisotopic (exact) mass is 160 g/mol. The molecule has 2 nitrogen and oxygen atoms in total. The molecule has 0 bridgehead atoms. The van der Waals surface area contributed by atoms with Crippen molar-refractivity contribution in [2.75, 3.05) is 5.73 Å². The summed E-state index contributed by atoms with van der Waals surface area (Å²) in [6.45, 7) is 2.08. The minimum atomic E-state index is 0.850. The number of fused-ring (bicyclic) bond motifs is 1. The van der Waals surface area contributed by atoms with Gasteiger partial charge in [0.25, 0.3) is 0 Å². The predicted octanol–water partition coefficient (Wildman–Crippen LogP) is 2.07. The molecule has 1 heterocycles. The number of nitrogen functional groups attached to an aromatic ring is 1. The van der Waals surface area contributed by atoms with Crippen LogP contribution in [0.15, 0.2) is 24.3 Å². The Kier molecular flexibility index (Phi) is 1.37. The maximum Gasteiger partial charge on any atom is 0.111 e. The zero-order valence-electron chi connectivity index (χ0n) is 7.33. The minimum Gasteiger partial charge on any atom is -0.385 e. The molecule has 0 radical (unpaired) electrons. The highest BCUT2D eigenvalue weighted by atomic mass is 15.0. The second kappa shape index (κ2) is 2.27. The third kappa shape index (κ3) is 0.749. The van der Waals surface area contributed by atoms with Crippen molar-refractivity contribution in [2.24, 2.45) is 7.05 Å². The van der Waals surface area contributed by atoms with E-state index < -0.39 is 0 Å². The van der Waals surface area contributed by atoms with Gasteiger partial charge >= 0.3 is 0 Å². The van der Waals surface area contributed by atoms with Gasteiger partial charge in [0.2, 0.25) is 0 Å². The Morgan fingerprint density at radius 2 is 1.75 bits per heavy atom. The number of aryl methyl sites for hydroxylation is 1. The molecule has 0 atom stereocenters. The van der Waals surface area contributed by atoms with E-state index in [0.717, 1.165) is 11.2 Å². The number of hydrogen-bond acceptors (Lipinski definition) is 1. The number of rotatable bonds is 0. The summed E-state index contributed by atoms with van der Waals surface area (Å²) >= 11 is 0. The lowest BCUT2D eigenvalue weighted by Gasteiger charge is -1.97. The van der Waals surface area contributed by atoms with Crippen molar-refractivity contribution >= 4 is 16.6 Å². The van der Waals surface area contributed by atoms with Gasteiger partial charge in [-0.3, -0.25) is 0 Å². The van der Waals surface area contributed by atoms with Gasteiger partial charge < -0.3 is 10.3 Å². The Morgan fingerprint density at radius 3 is 2.33 bits per heavy atom. The first-order chi connectivity index (χ1) is 5.72. The fourth-order valence-corrected chi connectivity index (χ4v) is 1.56. The molecule has 0 saturated heterocycles. The van der Waals surface area contributed by atoms with Crippen LogP contribution in [0.1, 0.15) is 5.69 Å². The van der Waals surface area contributed by atoms with Crippen LogP contribution in [0, 0.1) is 6.92 Å². The second-order valence-electron chi connectivity index (χ2n) is 3.08. The summed E-state index contributed by atoms with van der Waals surface area (Å²) in [6, 6.07) is 8.20. The summed E-state index contributed by atoms with van der Waals surface area (Å²) in [5, 5.41) is 2.40. The molecule has 62 valence electrons. The Balaban J connectivity index is 2.99. The summed E-state index contributed by atoms with van der Waals surface area (Å²) in [5.74, 6) is 0.850. The van der Waals surface area contributed by atoms with E-state index in [9.17, 15) is 0 Å². The molecule has 0 aliphatic heterocycles. The minimum absolute atomic E-state index is 0.850. The van der Waals surface area contributed by atoms with Gasteiger partial charge in [-0.15, -0.1) is 0 Å². The van der Waals surface area contributed by atoms with Gasteiger partial charge in [-0.25, -0.2) is 0 Å². The number of aromatic nitrogens is 1. The fraction of sp³-hybridized carbons (Fsp3) is 0.200. The van der Waals surface area contributed by atoms with Crippen molar-refractivity contribution in [3.05, 3.63) is 30.0 Å². The van der Waals surface area contributed by atoms with Crippen LogP contribution in [0.3, 0.4) is 0 Å². The molecule has 0 amide bonds. The lowest BCUT2D eigenvalue weighted by atomic mass is 10.2. The highest BCUT2D eigenvalue weighted by molar-refractivity contribution is 5.94. The van der Waals surface area contributed by atoms with Gasteiger partial charge in [-0.05, 0) is 6.92 Å². The number of anilines is 1. The van der Waals surface area contributed by atoms with Crippen molar-refractivity contribution in [3.63, 3.8) is 0 Å². The first kappa shape index (κ1) is 7.22. The number of benzene rings is 1. The van der Waals surface area contributed by atoms with Crippen LogP contribution in [-0.4, -0.2) is 4.57 Å². The first-order valence-electron chi connectivity index (χ1n) is 4.01. The van der Waals surface area contributed by atoms with Crippen molar-refractivity contribution in [2.45, 2.75) is 6.92 Å². The highest BCUT2D eigenvalue weighted by Gasteiger charge is 2.06.